The number of thiophene rings is 1. The number of rotatable bonds is 5. The van der Waals surface area contributed by atoms with Gasteiger partial charge in [-0.05, 0) is 48.7 Å². The van der Waals surface area contributed by atoms with E-state index in [1.807, 2.05) is 19.1 Å². The lowest BCUT2D eigenvalue weighted by Crippen LogP contribution is -2.31. The van der Waals surface area contributed by atoms with Crippen molar-refractivity contribution in [3.05, 3.63) is 58.0 Å². The smallest absolute Gasteiger partial charge is 0.127 e. The fourth-order valence-electron chi connectivity index (χ4n) is 2.16. The van der Waals surface area contributed by atoms with Crippen LogP contribution in [0.1, 0.15) is 31.0 Å². The summed E-state index contributed by atoms with van der Waals surface area (Å²) in [6.45, 7) is 4.14. The molecule has 0 bridgehead atoms. The van der Waals surface area contributed by atoms with Gasteiger partial charge in [0.2, 0.25) is 0 Å². The number of nitrogens with one attached hydrogen (secondary N) is 1. The molecular weight excluding hydrogens is 245 g/mol. The van der Waals surface area contributed by atoms with Gasteiger partial charge in [-0.2, -0.15) is 11.3 Å². The van der Waals surface area contributed by atoms with E-state index >= 15 is 0 Å². The molecule has 0 aliphatic heterocycles. The summed E-state index contributed by atoms with van der Waals surface area (Å²) in [7, 11) is 0. The fraction of sp³-hybridized carbons (Fsp3) is 0.333. The molecule has 2 aromatic rings. The van der Waals surface area contributed by atoms with Crippen molar-refractivity contribution in [2.75, 3.05) is 0 Å². The summed E-state index contributed by atoms with van der Waals surface area (Å²) in [5.41, 5.74) is 2.07. The highest BCUT2D eigenvalue weighted by Crippen LogP contribution is 2.17. The molecule has 0 aliphatic rings. The van der Waals surface area contributed by atoms with E-state index in [4.69, 9.17) is 0 Å². The molecule has 0 radical (unpaired) electrons. The van der Waals surface area contributed by atoms with Gasteiger partial charge in [0.15, 0.2) is 0 Å². The molecule has 1 nitrogen and oxygen atoms in total. The predicted octanol–water partition coefficient (Wildman–Crippen LogP) is 4.17. The van der Waals surface area contributed by atoms with E-state index in [0.717, 1.165) is 12.0 Å². The van der Waals surface area contributed by atoms with Crippen LogP contribution in [0.4, 0.5) is 4.39 Å². The van der Waals surface area contributed by atoms with Gasteiger partial charge in [-0.1, -0.05) is 18.2 Å². The number of hydrogen-bond acceptors (Lipinski definition) is 2. The van der Waals surface area contributed by atoms with Crippen molar-refractivity contribution in [3.63, 3.8) is 0 Å². The summed E-state index contributed by atoms with van der Waals surface area (Å²) < 4.78 is 13.6. The molecule has 0 saturated carbocycles. The lowest BCUT2D eigenvalue weighted by atomic mass is 10.0. The van der Waals surface area contributed by atoms with E-state index in [0.29, 0.717) is 6.04 Å². The standard InChI is InChI=1S/C15H18FNS/c1-11(9-13-7-8-18-10-13)17-12(2)14-5-3-4-6-15(14)16/h3-8,10-12,17H,9H2,1-2H3. The Labute approximate surface area is 112 Å². The van der Waals surface area contributed by atoms with Gasteiger partial charge in [-0.15, -0.1) is 0 Å². The molecule has 18 heavy (non-hydrogen) atoms. The van der Waals surface area contributed by atoms with Crippen molar-refractivity contribution < 1.29 is 4.39 Å². The normalized spacial score (nSPS) is 14.4. The topological polar surface area (TPSA) is 12.0 Å². The van der Waals surface area contributed by atoms with E-state index in [9.17, 15) is 4.39 Å². The summed E-state index contributed by atoms with van der Waals surface area (Å²) >= 11 is 1.71. The zero-order valence-electron chi connectivity index (χ0n) is 10.7. The SMILES string of the molecule is CC(Cc1ccsc1)NC(C)c1ccccc1F. The van der Waals surface area contributed by atoms with Gasteiger partial charge in [0.05, 0.1) is 0 Å². The molecular formula is C15H18FNS. The number of halogens is 1. The van der Waals surface area contributed by atoms with Gasteiger partial charge in [0, 0.05) is 17.6 Å². The van der Waals surface area contributed by atoms with Crippen LogP contribution >= 0.6 is 11.3 Å². The Kier molecular flexibility index (Phi) is 4.50. The van der Waals surface area contributed by atoms with Crippen LogP contribution in [0.3, 0.4) is 0 Å². The van der Waals surface area contributed by atoms with Crippen LogP contribution < -0.4 is 5.32 Å². The second-order valence-electron chi connectivity index (χ2n) is 4.65. The minimum atomic E-state index is -0.139. The van der Waals surface area contributed by atoms with E-state index in [2.05, 4.69) is 29.1 Å². The van der Waals surface area contributed by atoms with Crippen molar-refractivity contribution in [1.82, 2.24) is 5.32 Å². The highest BCUT2D eigenvalue weighted by Gasteiger charge is 2.13. The first-order valence-corrected chi connectivity index (χ1v) is 7.12. The molecule has 1 N–H and O–H groups in total. The highest BCUT2D eigenvalue weighted by atomic mass is 32.1. The third-order valence-corrected chi connectivity index (χ3v) is 3.76. The van der Waals surface area contributed by atoms with Crippen LogP contribution in [-0.4, -0.2) is 6.04 Å². The molecule has 0 saturated heterocycles. The predicted molar refractivity (Wildman–Crippen MR) is 75.4 cm³/mol. The summed E-state index contributed by atoms with van der Waals surface area (Å²) in [6, 6.07) is 9.44. The van der Waals surface area contributed by atoms with Gasteiger partial charge in [0.1, 0.15) is 5.82 Å². The highest BCUT2D eigenvalue weighted by molar-refractivity contribution is 7.07. The van der Waals surface area contributed by atoms with Crippen LogP contribution in [0.25, 0.3) is 0 Å². The fourth-order valence-corrected chi connectivity index (χ4v) is 2.85. The van der Waals surface area contributed by atoms with Gasteiger partial charge in [-0.25, -0.2) is 4.39 Å². The Morgan fingerprint density at radius 3 is 2.67 bits per heavy atom. The van der Waals surface area contributed by atoms with Gasteiger partial charge in [0.25, 0.3) is 0 Å². The molecule has 1 heterocycles. The maximum atomic E-state index is 13.6. The monoisotopic (exact) mass is 263 g/mol. The van der Waals surface area contributed by atoms with Gasteiger partial charge >= 0.3 is 0 Å². The summed E-state index contributed by atoms with van der Waals surface area (Å²) in [5.74, 6) is -0.139. The average molecular weight is 263 g/mol. The third-order valence-electron chi connectivity index (χ3n) is 3.03. The Morgan fingerprint density at radius 1 is 1.22 bits per heavy atom. The lowest BCUT2D eigenvalue weighted by molar-refractivity contribution is 0.461. The quantitative estimate of drug-likeness (QED) is 0.853. The maximum absolute atomic E-state index is 13.6. The molecule has 2 atom stereocenters. The van der Waals surface area contributed by atoms with Crippen molar-refractivity contribution in [1.29, 1.82) is 0 Å². The molecule has 1 aromatic carbocycles. The molecule has 3 heteroatoms. The zero-order chi connectivity index (χ0) is 13.0. The molecule has 2 unspecified atom stereocenters. The Morgan fingerprint density at radius 2 is 2.00 bits per heavy atom. The summed E-state index contributed by atoms with van der Waals surface area (Å²) in [4.78, 5) is 0. The average Bonchev–Trinajstić information content (AvgIpc) is 2.82. The van der Waals surface area contributed by atoms with E-state index in [1.54, 1.807) is 17.4 Å². The molecule has 0 spiro atoms. The molecule has 0 amide bonds. The molecule has 0 aliphatic carbocycles. The number of benzene rings is 1. The van der Waals surface area contributed by atoms with Crippen molar-refractivity contribution in [3.8, 4) is 0 Å². The molecule has 1 aromatic heterocycles. The summed E-state index contributed by atoms with van der Waals surface area (Å²) in [6.07, 6.45) is 0.974. The van der Waals surface area contributed by atoms with Crippen LogP contribution in [0.5, 0.6) is 0 Å². The molecule has 96 valence electrons. The van der Waals surface area contributed by atoms with Crippen molar-refractivity contribution in [2.45, 2.75) is 32.4 Å². The van der Waals surface area contributed by atoms with E-state index in [-0.39, 0.29) is 11.9 Å². The van der Waals surface area contributed by atoms with E-state index < -0.39 is 0 Å². The minimum absolute atomic E-state index is 0.0276. The zero-order valence-corrected chi connectivity index (χ0v) is 11.5. The minimum Gasteiger partial charge on any atom is -0.307 e. The van der Waals surface area contributed by atoms with Crippen LogP contribution in [0.2, 0.25) is 0 Å². The van der Waals surface area contributed by atoms with Crippen molar-refractivity contribution >= 4 is 11.3 Å². The van der Waals surface area contributed by atoms with Crippen LogP contribution in [-0.2, 0) is 6.42 Å². The first kappa shape index (κ1) is 13.2. The third kappa shape index (κ3) is 3.40. The van der Waals surface area contributed by atoms with Crippen LogP contribution in [0, 0.1) is 5.82 Å². The van der Waals surface area contributed by atoms with Crippen molar-refractivity contribution in [2.24, 2.45) is 0 Å². The Bertz CT molecular complexity index is 481. The van der Waals surface area contributed by atoms with Crippen LogP contribution in [0.15, 0.2) is 41.1 Å². The second-order valence-corrected chi connectivity index (χ2v) is 5.43. The first-order chi connectivity index (χ1) is 8.66. The molecule has 2 rings (SSSR count). The maximum Gasteiger partial charge on any atom is 0.127 e. The lowest BCUT2D eigenvalue weighted by Gasteiger charge is -2.20. The Hall–Kier alpha value is -1.19. The molecule has 0 fully saturated rings. The van der Waals surface area contributed by atoms with E-state index in [1.165, 1.54) is 11.6 Å². The second kappa shape index (κ2) is 6.12. The summed E-state index contributed by atoms with van der Waals surface area (Å²) in [5, 5.41) is 7.68. The van der Waals surface area contributed by atoms with Gasteiger partial charge in [-0.3, -0.25) is 0 Å². The Balaban J connectivity index is 1.95. The van der Waals surface area contributed by atoms with Gasteiger partial charge < -0.3 is 5.32 Å². The largest absolute Gasteiger partial charge is 0.307 e. The first-order valence-electron chi connectivity index (χ1n) is 6.18. The number of hydrogen-bond donors (Lipinski definition) is 1.